The molecule has 3 heteroatoms. The van der Waals surface area contributed by atoms with Gasteiger partial charge in [-0.2, -0.15) is 0 Å². The van der Waals surface area contributed by atoms with E-state index in [4.69, 9.17) is 23.2 Å². The first kappa shape index (κ1) is 10.4. The molecule has 66 valence electrons. The summed E-state index contributed by atoms with van der Waals surface area (Å²) in [6, 6.07) is 8.07. The molecule has 0 saturated carbocycles. The second-order valence-corrected chi connectivity index (χ2v) is 4.09. The summed E-state index contributed by atoms with van der Waals surface area (Å²) in [4.78, 5) is 0. The van der Waals surface area contributed by atoms with Crippen molar-refractivity contribution in [3.05, 3.63) is 34.3 Å². The second kappa shape index (κ2) is 5.11. The minimum Gasteiger partial charge on any atom is -0.126 e. The molecule has 0 N–H and O–H groups in total. The van der Waals surface area contributed by atoms with Crippen LogP contribution in [0.3, 0.4) is 0 Å². The van der Waals surface area contributed by atoms with Crippen LogP contribution < -0.4 is 0 Å². The minimum atomic E-state index is 0.255. The highest BCUT2D eigenvalue weighted by molar-refractivity contribution is 9.10. The first-order valence-corrected chi connectivity index (χ1v) is 5.51. The molecular weight excluding hydrogens is 259 g/mol. The van der Waals surface area contributed by atoms with E-state index >= 15 is 0 Å². The van der Waals surface area contributed by atoms with Gasteiger partial charge >= 0.3 is 0 Å². The van der Waals surface area contributed by atoms with E-state index in [0.29, 0.717) is 11.8 Å². The van der Waals surface area contributed by atoms with E-state index in [0.717, 1.165) is 4.47 Å². The molecule has 1 rings (SSSR count). The van der Waals surface area contributed by atoms with Gasteiger partial charge in [0.25, 0.3) is 0 Å². The van der Waals surface area contributed by atoms with Crippen molar-refractivity contribution < 1.29 is 0 Å². The number of alkyl halides is 2. The van der Waals surface area contributed by atoms with Crippen molar-refractivity contribution in [3.8, 4) is 0 Å². The number of hydrogen-bond donors (Lipinski definition) is 0. The molecule has 1 aromatic carbocycles. The normalized spacial score (nSPS) is 10.7. The molecule has 0 bridgehead atoms. The predicted octanol–water partition coefficient (Wildman–Crippen LogP) is 4.01. The largest absolute Gasteiger partial charge is 0.126 e. The van der Waals surface area contributed by atoms with Crippen LogP contribution in [0.2, 0.25) is 0 Å². The smallest absolute Gasteiger partial charge is 0.0303 e. The summed E-state index contributed by atoms with van der Waals surface area (Å²) in [6.45, 7) is 0. The van der Waals surface area contributed by atoms with Crippen LogP contribution in [0.15, 0.2) is 28.7 Å². The van der Waals surface area contributed by atoms with Gasteiger partial charge in [0.1, 0.15) is 0 Å². The van der Waals surface area contributed by atoms with E-state index in [2.05, 4.69) is 22.0 Å². The monoisotopic (exact) mass is 266 g/mol. The van der Waals surface area contributed by atoms with Gasteiger partial charge in [0, 0.05) is 22.2 Å². The zero-order valence-corrected chi connectivity index (χ0v) is 9.53. The van der Waals surface area contributed by atoms with Gasteiger partial charge in [-0.05, 0) is 17.7 Å². The lowest BCUT2D eigenvalue weighted by atomic mass is 10.0. The van der Waals surface area contributed by atoms with Gasteiger partial charge in [-0.15, -0.1) is 23.2 Å². The fraction of sp³-hybridized carbons (Fsp3) is 0.333. The van der Waals surface area contributed by atoms with Gasteiger partial charge in [0.05, 0.1) is 0 Å². The molecule has 1 aromatic rings. The standard InChI is InChI=1S/C9H9BrCl2/c10-9-3-1-2-7(4-9)8(5-11)6-12/h1-4,8H,5-6H2. The predicted molar refractivity (Wildman–Crippen MR) is 58.3 cm³/mol. The molecule has 0 aliphatic carbocycles. The van der Waals surface area contributed by atoms with Gasteiger partial charge in [-0.3, -0.25) is 0 Å². The lowest BCUT2D eigenvalue weighted by molar-refractivity contribution is 0.883. The zero-order chi connectivity index (χ0) is 8.97. The Morgan fingerprint density at radius 3 is 2.42 bits per heavy atom. The molecule has 0 fully saturated rings. The van der Waals surface area contributed by atoms with E-state index in [1.54, 1.807) is 0 Å². The summed E-state index contributed by atoms with van der Waals surface area (Å²) in [6.07, 6.45) is 0. The molecule has 0 radical (unpaired) electrons. The van der Waals surface area contributed by atoms with Crippen LogP contribution in [0.5, 0.6) is 0 Å². The third kappa shape index (κ3) is 2.65. The first-order chi connectivity index (χ1) is 5.77. The topological polar surface area (TPSA) is 0 Å². The third-order valence-corrected chi connectivity index (χ3v) is 2.93. The fourth-order valence-electron chi connectivity index (χ4n) is 0.980. The molecule has 0 aliphatic heterocycles. The summed E-state index contributed by atoms with van der Waals surface area (Å²) in [7, 11) is 0. The van der Waals surface area contributed by atoms with Crippen molar-refractivity contribution in [2.24, 2.45) is 0 Å². The number of halogens is 3. The van der Waals surface area contributed by atoms with E-state index in [1.807, 2.05) is 18.2 Å². The third-order valence-electron chi connectivity index (χ3n) is 1.69. The Labute approximate surface area is 91.0 Å². The maximum absolute atomic E-state index is 5.75. The van der Waals surface area contributed by atoms with Gasteiger partial charge in [0.2, 0.25) is 0 Å². The molecule has 0 unspecified atom stereocenters. The van der Waals surface area contributed by atoms with Crippen LogP contribution in [0.25, 0.3) is 0 Å². The van der Waals surface area contributed by atoms with E-state index in [9.17, 15) is 0 Å². The molecule has 0 amide bonds. The van der Waals surface area contributed by atoms with Crippen molar-refractivity contribution in [1.82, 2.24) is 0 Å². The summed E-state index contributed by atoms with van der Waals surface area (Å²) < 4.78 is 1.07. The van der Waals surface area contributed by atoms with Crippen molar-refractivity contribution in [1.29, 1.82) is 0 Å². The van der Waals surface area contributed by atoms with Gasteiger partial charge in [-0.1, -0.05) is 28.1 Å². The Balaban J connectivity index is 2.85. The van der Waals surface area contributed by atoms with Crippen molar-refractivity contribution in [2.75, 3.05) is 11.8 Å². The summed E-state index contributed by atoms with van der Waals surface area (Å²) in [5.41, 5.74) is 1.19. The maximum atomic E-state index is 5.75. The average molecular weight is 268 g/mol. The van der Waals surface area contributed by atoms with Crippen LogP contribution in [0.1, 0.15) is 11.5 Å². The maximum Gasteiger partial charge on any atom is 0.0303 e. The van der Waals surface area contributed by atoms with Crippen LogP contribution in [0.4, 0.5) is 0 Å². The number of benzene rings is 1. The van der Waals surface area contributed by atoms with E-state index in [1.165, 1.54) is 5.56 Å². The Hall–Kier alpha value is 0.280. The van der Waals surface area contributed by atoms with Crippen LogP contribution >= 0.6 is 39.1 Å². The Bertz CT molecular complexity index is 246. The van der Waals surface area contributed by atoms with Crippen LogP contribution in [0, 0.1) is 0 Å². The fourth-order valence-corrected chi connectivity index (χ4v) is 2.08. The van der Waals surface area contributed by atoms with Gasteiger partial charge in [0.15, 0.2) is 0 Å². The lowest BCUT2D eigenvalue weighted by Crippen LogP contribution is -2.01. The highest BCUT2D eigenvalue weighted by Crippen LogP contribution is 2.22. The quantitative estimate of drug-likeness (QED) is 0.726. The number of hydrogen-bond acceptors (Lipinski definition) is 0. The summed E-state index contributed by atoms with van der Waals surface area (Å²) in [5, 5.41) is 0. The SMILES string of the molecule is ClCC(CCl)c1cccc(Br)c1. The summed E-state index contributed by atoms with van der Waals surface area (Å²) >= 11 is 14.9. The molecular formula is C9H9BrCl2. The van der Waals surface area contributed by atoms with E-state index in [-0.39, 0.29) is 5.92 Å². The zero-order valence-electron chi connectivity index (χ0n) is 6.43. The molecule has 0 nitrogen and oxygen atoms in total. The molecule has 0 saturated heterocycles. The van der Waals surface area contributed by atoms with Crippen LogP contribution in [-0.4, -0.2) is 11.8 Å². The Kier molecular flexibility index (Phi) is 4.41. The first-order valence-electron chi connectivity index (χ1n) is 3.65. The highest BCUT2D eigenvalue weighted by Gasteiger charge is 2.08. The highest BCUT2D eigenvalue weighted by atomic mass is 79.9. The summed E-state index contributed by atoms with van der Waals surface area (Å²) in [5.74, 6) is 1.39. The second-order valence-electron chi connectivity index (χ2n) is 2.56. The van der Waals surface area contributed by atoms with Crippen LogP contribution in [-0.2, 0) is 0 Å². The average Bonchev–Trinajstić information content (AvgIpc) is 2.07. The molecule has 0 atom stereocenters. The minimum absolute atomic E-state index is 0.255. The molecule has 12 heavy (non-hydrogen) atoms. The van der Waals surface area contributed by atoms with Crippen molar-refractivity contribution >= 4 is 39.1 Å². The van der Waals surface area contributed by atoms with Crippen molar-refractivity contribution in [3.63, 3.8) is 0 Å². The van der Waals surface area contributed by atoms with Gasteiger partial charge in [-0.25, -0.2) is 0 Å². The Morgan fingerprint density at radius 2 is 1.92 bits per heavy atom. The molecule has 0 aromatic heterocycles. The van der Waals surface area contributed by atoms with E-state index < -0.39 is 0 Å². The van der Waals surface area contributed by atoms with Gasteiger partial charge < -0.3 is 0 Å². The molecule has 0 aliphatic rings. The number of rotatable bonds is 3. The Morgan fingerprint density at radius 1 is 1.25 bits per heavy atom. The molecule has 0 spiro atoms. The lowest BCUT2D eigenvalue weighted by Gasteiger charge is -2.10. The molecule has 0 heterocycles. The van der Waals surface area contributed by atoms with Crippen molar-refractivity contribution in [2.45, 2.75) is 5.92 Å².